The summed E-state index contributed by atoms with van der Waals surface area (Å²) in [5, 5.41) is 9.15. The fourth-order valence-corrected chi connectivity index (χ4v) is 2.02. The fraction of sp³-hybridized carbons (Fsp3) is 0.400. The van der Waals surface area contributed by atoms with Crippen molar-refractivity contribution in [2.45, 2.75) is 17.4 Å². The Morgan fingerprint density at radius 3 is 2.80 bits per heavy atom. The molecule has 0 amide bonds. The predicted molar refractivity (Wildman–Crippen MR) is 56.8 cm³/mol. The van der Waals surface area contributed by atoms with E-state index in [0.717, 1.165) is 18.2 Å². The molecule has 0 fully saturated rings. The molecule has 1 atom stereocenters. The first-order valence-corrected chi connectivity index (χ1v) is 5.58. The summed E-state index contributed by atoms with van der Waals surface area (Å²) in [6, 6.07) is 3.32. The van der Waals surface area contributed by atoms with E-state index in [1.165, 1.54) is 11.8 Å². The van der Waals surface area contributed by atoms with Crippen LogP contribution in [0.2, 0.25) is 0 Å². The van der Waals surface area contributed by atoms with Gasteiger partial charge in [-0.1, -0.05) is 0 Å². The first-order chi connectivity index (χ1) is 7.13. The second-order valence-electron chi connectivity index (χ2n) is 3.10. The monoisotopic (exact) mass is 233 g/mol. The van der Waals surface area contributed by atoms with Crippen LogP contribution in [-0.2, 0) is 0 Å². The van der Waals surface area contributed by atoms with Crippen LogP contribution in [0.15, 0.2) is 23.1 Å². The van der Waals surface area contributed by atoms with Crippen LogP contribution >= 0.6 is 11.8 Å². The third kappa shape index (κ3) is 4.15. The SMILES string of the molecule is NCC(O)CCSc1cc(F)ccc1F. The molecular formula is C10H13F2NOS. The number of aliphatic hydroxyl groups excluding tert-OH is 1. The highest BCUT2D eigenvalue weighted by atomic mass is 32.2. The van der Waals surface area contributed by atoms with Crippen LogP contribution in [0.25, 0.3) is 0 Å². The molecule has 1 aromatic carbocycles. The molecule has 0 heterocycles. The van der Waals surface area contributed by atoms with E-state index in [2.05, 4.69) is 0 Å². The van der Waals surface area contributed by atoms with Crippen molar-refractivity contribution in [3.63, 3.8) is 0 Å². The molecule has 0 aliphatic heterocycles. The molecule has 1 rings (SSSR count). The Bertz CT molecular complexity index is 322. The molecule has 1 aromatic rings. The molecule has 0 bridgehead atoms. The number of halogens is 2. The topological polar surface area (TPSA) is 46.2 Å². The minimum absolute atomic E-state index is 0.187. The minimum Gasteiger partial charge on any atom is -0.392 e. The Kier molecular flexibility index (Phi) is 5.01. The van der Waals surface area contributed by atoms with E-state index in [1.54, 1.807) is 0 Å². The minimum atomic E-state index is -0.575. The lowest BCUT2D eigenvalue weighted by Crippen LogP contribution is -2.20. The molecule has 2 nitrogen and oxygen atoms in total. The third-order valence-corrected chi connectivity index (χ3v) is 2.94. The standard InChI is InChI=1S/C10H13F2NOS/c11-7-1-2-9(12)10(5-7)15-4-3-8(14)6-13/h1-2,5,8,14H,3-4,6,13H2. The van der Waals surface area contributed by atoms with E-state index in [4.69, 9.17) is 10.8 Å². The zero-order valence-electron chi connectivity index (χ0n) is 8.12. The van der Waals surface area contributed by atoms with Gasteiger partial charge >= 0.3 is 0 Å². The third-order valence-electron chi connectivity index (χ3n) is 1.87. The lowest BCUT2D eigenvalue weighted by molar-refractivity contribution is 0.180. The Morgan fingerprint density at radius 2 is 2.13 bits per heavy atom. The van der Waals surface area contributed by atoms with Crippen LogP contribution in [-0.4, -0.2) is 23.5 Å². The number of aliphatic hydroxyl groups is 1. The van der Waals surface area contributed by atoms with E-state index >= 15 is 0 Å². The maximum Gasteiger partial charge on any atom is 0.136 e. The second-order valence-corrected chi connectivity index (χ2v) is 4.24. The lowest BCUT2D eigenvalue weighted by atomic mass is 10.3. The fourth-order valence-electron chi connectivity index (χ4n) is 1.01. The predicted octanol–water partition coefficient (Wildman–Crippen LogP) is 1.77. The average Bonchev–Trinajstić information content (AvgIpc) is 2.23. The Balaban J connectivity index is 2.46. The van der Waals surface area contributed by atoms with Crippen LogP contribution in [0.5, 0.6) is 0 Å². The summed E-state index contributed by atoms with van der Waals surface area (Å²) < 4.78 is 25.9. The van der Waals surface area contributed by atoms with Gasteiger partial charge in [0.2, 0.25) is 0 Å². The van der Waals surface area contributed by atoms with Crippen molar-refractivity contribution < 1.29 is 13.9 Å². The first kappa shape index (κ1) is 12.4. The van der Waals surface area contributed by atoms with E-state index < -0.39 is 17.7 Å². The van der Waals surface area contributed by atoms with Crippen molar-refractivity contribution in [3.05, 3.63) is 29.8 Å². The molecule has 0 saturated carbocycles. The number of thioether (sulfide) groups is 1. The largest absolute Gasteiger partial charge is 0.392 e. The molecule has 1 unspecified atom stereocenters. The van der Waals surface area contributed by atoms with Crippen LogP contribution < -0.4 is 5.73 Å². The molecular weight excluding hydrogens is 220 g/mol. The average molecular weight is 233 g/mol. The van der Waals surface area contributed by atoms with Gasteiger partial charge in [0.25, 0.3) is 0 Å². The lowest BCUT2D eigenvalue weighted by Gasteiger charge is -2.07. The molecule has 3 N–H and O–H groups in total. The summed E-state index contributed by atoms with van der Waals surface area (Å²) in [7, 11) is 0. The smallest absolute Gasteiger partial charge is 0.136 e. The van der Waals surface area contributed by atoms with Crippen LogP contribution in [0.1, 0.15) is 6.42 Å². The van der Waals surface area contributed by atoms with Crippen molar-refractivity contribution in [2.24, 2.45) is 5.73 Å². The van der Waals surface area contributed by atoms with Crippen LogP contribution in [0, 0.1) is 11.6 Å². The summed E-state index contributed by atoms with van der Waals surface area (Å²) in [5.41, 5.74) is 5.21. The summed E-state index contributed by atoms with van der Waals surface area (Å²) in [5.74, 6) is -0.388. The number of hydrogen-bond acceptors (Lipinski definition) is 3. The Hall–Kier alpha value is -0.650. The molecule has 0 radical (unpaired) electrons. The van der Waals surface area contributed by atoms with Gasteiger partial charge in [-0.2, -0.15) is 0 Å². The summed E-state index contributed by atoms with van der Waals surface area (Å²) >= 11 is 1.17. The highest BCUT2D eigenvalue weighted by Crippen LogP contribution is 2.23. The van der Waals surface area contributed by atoms with Gasteiger partial charge in [-0.25, -0.2) is 8.78 Å². The zero-order chi connectivity index (χ0) is 11.3. The molecule has 0 aliphatic carbocycles. The summed E-state index contributed by atoms with van der Waals surface area (Å²) in [6.07, 6.45) is -0.106. The van der Waals surface area contributed by atoms with E-state index in [-0.39, 0.29) is 11.4 Å². The molecule has 0 spiro atoms. The maximum atomic E-state index is 13.1. The number of rotatable bonds is 5. The summed E-state index contributed by atoms with van der Waals surface area (Å²) in [4.78, 5) is 0.263. The van der Waals surface area contributed by atoms with Gasteiger partial charge in [0.15, 0.2) is 0 Å². The van der Waals surface area contributed by atoms with Crippen molar-refractivity contribution in [1.29, 1.82) is 0 Å². The Morgan fingerprint density at radius 1 is 1.40 bits per heavy atom. The van der Waals surface area contributed by atoms with E-state index in [9.17, 15) is 8.78 Å². The van der Waals surface area contributed by atoms with Gasteiger partial charge in [-0.05, 0) is 24.6 Å². The second kappa shape index (κ2) is 6.05. The number of benzene rings is 1. The van der Waals surface area contributed by atoms with E-state index in [1.807, 2.05) is 0 Å². The van der Waals surface area contributed by atoms with Crippen molar-refractivity contribution in [3.8, 4) is 0 Å². The maximum absolute atomic E-state index is 13.1. The van der Waals surface area contributed by atoms with Gasteiger partial charge in [-0.15, -0.1) is 11.8 Å². The summed E-state index contributed by atoms with van der Waals surface area (Å²) in [6.45, 7) is 0.187. The molecule has 0 aromatic heterocycles. The molecule has 84 valence electrons. The molecule has 15 heavy (non-hydrogen) atoms. The van der Waals surface area contributed by atoms with Crippen molar-refractivity contribution in [2.75, 3.05) is 12.3 Å². The highest BCUT2D eigenvalue weighted by Gasteiger charge is 2.06. The highest BCUT2D eigenvalue weighted by molar-refractivity contribution is 7.99. The van der Waals surface area contributed by atoms with Crippen molar-refractivity contribution in [1.82, 2.24) is 0 Å². The van der Waals surface area contributed by atoms with Gasteiger partial charge in [0.05, 0.1) is 6.10 Å². The molecule has 5 heteroatoms. The van der Waals surface area contributed by atoms with E-state index in [0.29, 0.717) is 12.2 Å². The van der Waals surface area contributed by atoms with Gasteiger partial charge in [0, 0.05) is 17.2 Å². The number of nitrogens with two attached hydrogens (primary N) is 1. The van der Waals surface area contributed by atoms with Gasteiger partial charge in [0.1, 0.15) is 11.6 Å². The van der Waals surface area contributed by atoms with Crippen molar-refractivity contribution >= 4 is 11.8 Å². The normalized spacial score (nSPS) is 12.8. The molecule has 0 aliphatic rings. The van der Waals surface area contributed by atoms with Crippen LogP contribution in [0.4, 0.5) is 8.78 Å². The Labute approximate surface area is 91.5 Å². The van der Waals surface area contributed by atoms with Gasteiger partial charge < -0.3 is 10.8 Å². The van der Waals surface area contributed by atoms with Crippen LogP contribution in [0.3, 0.4) is 0 Å². The molecule has 0 saturated heterocycles. The first-order valence-electron chi connectivity index (χ1n) is 4.59. The quantitative estimate of drug-likeness (QED) is 0.762. The number of hydrogen-bond donors (Lipinski definition) is 2. The van der Waals surface area contributed by atoms with Gasteiger partial charge in [-0.3, -0.25) is 0 Å². The zero-order valence-corrected chi connectivity index (χ0v) is 8.94.